The van der Waals surface area contributed by atoms with Crippen molar-refractivity contribution in [3.05, 3.63) is 54.1 Å². The van der Waals surface area contributed by atoms with Gasteiger partial charge in [0.05, 0.1) is 13.1 Å². The molecule has 6 heteroatoms. The van der Waals surface area contributed by atoms with Crippen molar-refractivity contribution >= 4 is 17.8 Å². The Morgan fingerprint density at radius 3 is 2.70 bits per heavy atom. The standard InChI is InChI=1S/C21H23N3O3/c1-15-6-3-4-9-18(15)16-7-5-8-17(12-16)22-19(25)24-11-10-21(14-24)13-23(2)20(26)27-21/h3-9,12H,10-11,13-14H2,1-2H3,(H,22,25). The SMILES string of the molecule is Cc1ccccc1-c1cccc(NC(=O)N2CCC3(CN(C)C(=O)O3)C2)c1. The number of carbonyl (C=O) groups is 2. The van der Waals surface area contributed by atoms with Gasteiger partial charge >= 0.3 is 12.1 Å². The van der Waals surface area contributed by atoms with Crippen LogP contribution >= 0.6 is 0 Å². The summed E-state index contributed by atoms with van der Waals surface area (Å²) >= 11 is 0. The van der Waals surface area contributed by atoms with Gasteiger partial charge in [0.2, 0.25) is 0 Å². The molecular formula is C21H23N3O3. The van der Waals surface area contributed by atoms with Crippen molar-refractivity contribution in [3.8, 4) is 11.1 Å². The lowest BCUT2D eigenvalue weighted by Gasteiger charge is -2.22. The number of nitrogens with zero attached hydrogens (tertiary/aromatic N) is 2. The second-order valence-electron chi connectivity index (χ2n) is 7.40. The highest BCUT2D eigenvalue weighted by Crippen LogP contribution is 2.32. The molecule has 2 saturated heterocycles. The lowest BCUT2D eigenvalue weighted by atomic mass is 10.0. The van der Waals surface area contributed by atoms with Gasteiger partial charge in [-0.3, -0.25) is 0 Å². The number of likely N-dealkylation sites (tertiary alicyclic amines) is 1. The minimum atomic E-state index is -0.563. The van der Waals surface area contributed by atoms with Crippen molar-refractivity contribution in [1.82, 2.24) is 9.80 Å². The van der Waals surface area contributed by atoms with E-state index in [1.807, 2.05) is 36.4 Å². The zero-order valence-electron chi connectivity index (χ0n) is 15.6. The normalized spacial score (nSPS) is 21.6. The van der Waals surface area contributed by atoms with E-state index in [-0.39, 0.29) is 12.1 Å². The molecule has 0 radical (unpaired) electrons. The number of rotatable bonds is 2. The largest absolute Gasteiger partial charge is 0.439 e. The van der Waals surface area contributed by atoms with Crippen molar-refractivity contribution in [1.29, 1.82) is 0 Å². The van der Waals surface area contributed by atoms with Crippen molar-refractivity contribution in [2.75, 3.05) is 32.0 Å². The van der Waals surface area contributed by atoms with Gasteiger partial charge in [-0.2, -0.15) is 0 Å². The highest BCUT2D eigenvalue weighted by Gasteiger charge is 2.49. The van der Waals surface area contributed by atoms with E-state index in [9.17, 15) is 9.59 Å². The molecule has 2 aliphatic heterocycles. The second kappa shape index (κ2) is 6.61. The van der Waals surface area contributed by atoms with E-state index >= 15 is 0 Å². The van der Waals surface area contributed by atoms with Crippen LogP contribution in [0.4, 0.5) is 15.3 Å². The minimum absolute atomic E-state index is 0.167. The van der Waals surface area contributed by atoms with Crippen LogP contribution in [0.1, 0.15) is 12.0 Å². The Bertz CT molecular complexity index is 898. The molecule has 1 N–H and O–H groups in total. The summed E-state index contributed by atoms with van der Waals surface area (Å²) in [6.07, 6.45) is 0.350. The van der Waals surface area contributed by atoms with E-state index < -0.39 is 5.60 Å². The number of benzene rings is 2. The average molecular weight is 365 g/mol. The van der Waals surface area contributed by atoms with Crippen LogP contribution in [0.3, 0.4) is 0 Å². The van der Waals surface area contributed by atoms with Gasteiger partial charge in [0.15, 0.2) is 5.60 Å². The molecule has 0 aliphatic carbocycles. The number of likely N-dealkylation sites (N-methyl/N-ethyl adjacent to an activating group) is 1. The molecule has 2 aliphatic rings. The number of nitrogens with one attached hydrogen (secondary N) is 1. The fourth-order valence-corrected chi connectivity index (χ4v) is 3.89. The fraction of sp³-hybridized carbons (Fsp3) is 0.333. The third-order valence-corrected chi connectivity index (χ3v) is 5.31. The van der Waals surface area contributed by atoms with Crippen molar-refractivity contribution in [3.63, 3.8) is 0 Å². The minimum Gasteiger partial charge on any atom is -0.439 e. The maximum Gasteiger partial charge on any atom is 0.410 e. The summed E-state index contributed by atoms with van der Waals surface area (Å²) in [5, 5.41) is 2.98. The van der Waals surface area contributed by atoms with E-state index in [1.54, 1.807) is 16.8 Å². The van der Waals surface area contributed by atoms with Crippen LogP contribution in [0.2, 0.25) is 0 Å². The molecule has 2 fully saturated rings. The van der Waals surface area contributed by atoms with Crippen LogP contribution in [-0.4, -0.2) is 54.2 Å². The molecule has 2 aromatic carbocycles. The summed E-state index contributed by atoms with van der Waals surface area (Å²) < 4.78 is 5.51. The second-order valence-corrected chi connectivity index (χ2v) is 7.40. The molecule has 1 unspecified atom stereocenters. The van der Waals surface area contributed by atoms with Gasteiger partial charge in [0.25, 0.3) is 0 Å². The zero-order valence-corrected chi connectivity index (χ0v) is 15.6. The molecule has 1 spiro atoms. The summed E-state index contributed by atoms with van der Waals surface area (Å²) in [5.41, 5.74) is 3.59. The topological polar surface area (TPSA) is 61.9 Å². The van der Waals surface area contributed by atoms with Gasteiger partial charge in [0, 0.05) is 25.7 Å². The van der Waals surface area contributed by atoms with Crippen molar-refractivity contribution in [2.24, 2.45) is 0 Å². The number of amides is 3. The zero-order chi connectivity index (χ0) is 19.0. The van der Waals surface area contributed by atoms with Crippen LogP contribution in [0, 0.1) is 6.92 Å². The first-order valence-corrected chi connectivity index (χ1v) is 9.12. The molecule has 1 atom stereocenters. The summed E-state index contributed by atoms with van der Waals surface area (Å²) in [7, 11) is 1.72. The van der Waals surface area contributed by atoms with Gasteiger partial charge in [-0.25, -0.2) is 9.59 Å². The monoisotopic (exact) mass is 365 g/mol. The Balaban J connectivity index is 1.46. The number of urea groups is 1. The van der Waals surface area contributed by atoms with E-state index in [1.165, 1.54) is 5.56 Å². The molecule has 140 valence electrons. The highest BCUT2D eigenvalue weighted by atomic mass is 16.6. The molecule has 2 aromatic rings. The Morgan fingerprint density at radius 2 is 1.96 bits per heavy atom. The number of hydrogen-bond donors (Lipinski definition) is 1. The molecule has 0 bridgehead atoms. The van der Waals surface area contributed by atoms with Crippen LogP contribution < -0.4 is 5.32 Å². The van der Waals surface area contributed by atoms with E-state index in [0.29, 0.717) is 26.1 Å². The van der Waals surface area contributed by atoms with Crippen molar-refractivity contribution < 1.29 is 14.3 Å². The predicted octanol–water partition coefficient (Wildman–Crippen LogP) is 3.72. The van der Waals surface area contributed by atoms with Crippen LogP contribution in [-0.2, 0) is 4.74 Å². The number of ether oxygens (including phenoxy) is 1. The summed E-state index contributed by atoms with van der Waals surface area (Å²) in [6, 6.07) is 15.9. The van der Waals surface area contributed by atoms with Gasteiger partial charge in [-0.05, 0) is 35.7 Å². The van der Waals surface area contributed by atoms with Crippen LogP contribution in [0.15, 0.2) is 48.5 Å². The maximum atomic E-state index is 12.7. The van der Waals surface area contributed by atoms with E-state index in [2.05, 4.69) is 24.4 Å². The highest BCUT2D eigenvalue weighted by molar-refractivity contribution is 5.90. The Hall–Kier alpha value is -3.02. The summed E-state index contributed by atoms with van der Waals surface area (Å²) in [4.78, 5) is 27.7. The van der Waals surface area contributed by atoms with Crippen LogP contribution in [0.25, 0.3) is 11.1 Å². The molecule has 2 heterocycles. The van der Waals surface area contributed by atoms with E-state index in [4.69, 9.17) is 4.74 Å². The third kappa shape index (κ3) is 3.35. The average Bonchev–Trinajstić information content (AvgIpc) is 3.18. The Kier molecular flexibility index (Phi) is 4.26. The third-order valence-electron chi connectivity index (χ3n) is 5.31. The first-order chi connectivity index (χ1) is 13.0. The van der Waals surface area contributed by atoms with E-state index in [0.717, 1.165) is 16.8 Å². The number of carbonyl (C=O) groups excluding carboxylic acids is 2. The molecule has 3 amide bonds. The van der Waals surface area contributed by atoms with Gasteiger partial charge in [-0.15, -0.1) is 0 Å². The molecule has 4 rings (SSSR count). The summed E-state index contributed by atoms with van der Waals surface area (Å²) in [5.74, 6) is 0. The molecule has 0 saturated carbocycles. The molecular weight excluding hydrogens is 342 g/mol. The molecule has 0 aromatic heterocycles. The first-order valence-electron chi connectivity index (χ1n) is 9.12. The van der Waals surface area contributed by atoms with Gasteiger partial charge in [-0.1, -0.05) is 36.4 Å². The maximum absolute atomic E-state index is 12.7. The smallest absolute Gasteiger partial charge is 0.410 e. The lowest BCUT2D eigenvalue weighted by Crippen LogP contribution is -2.40. The first kappa shape index (κ1) is 17.4. The number of anilines is 1. The number of aryl methyl sites for hydroxylation is 1. The summed E-state index contributed by atoms with van der Waals surface area (Å²) in [6.45, 7) is 3.60. The Labute approximate surface area is 158 Å². The van der Waals surface area contributed by atoms with Crippen LogP contribution in [0.5, 0.6) is 0 Å². The quantitative estimate of drug-likeness (QED) is 0.882. The van der Waals surface area contributed by atoms with Gasteiger partial charge in [0.1, 0.15) is 0 Å². The predicted molar refractivity (Wildman–Crippen MR) is 104 cm³/mol. The molecule has 6 nitrogen and oxygen atoms in total. The fourth-order valence-electron chi connectivity index (χ4n) is 3.89. The Morgan fingerprint density at radius 1 is 1.15 bits per heavy atom. The lowest BCUT2D eigenvalue weighted by molar-refractivity contribution is 0.0663. The number of hydrogen-bond acceptors (Lipinski definition) is 3. The van der Waals surface area contributed by atoms with Gasteiger partial charge < -0.3 is 19.9 Å². The van der Waals surface area contributed by atoms with Crippen molar-refractivity contribution in [2.45, 2.75) is 18.9 Å². The molecule has 27 heavy (non-hydrogen) atoms.